The number of benzene rings is 1. The van der Waals surface area contributed by atoms with Gasteiger partial charge in [-0.15, -0.1) is 0 Å². The molecule has 1 heterocycles. The van der Waals surface area contributed by atoms with Gasteiger partial charge >= 0.3 is 0 Å². The molecule has 122 valence electrons. The molecule has 0 atom stereocenters. The summed E-state index contributed by atoms with van der Waals surface area (Å²) in [5.41, 5.74) is 0. The minimum absolute atomic E-state index is 0.142. The summed E-state index contributed by atoms with van der Waals surface area (Å²) in [6.07, 6.45) is 4.35. The van der Waals surface area contributed by atoms with Crippen LogP contribution >= 0.6 is 23.2 Å². The van der Waals surface area contributed by atoms with Gasteiger partial charge in [-0.05, 0) is 56.3 Å². The molecule has 0 amide bonds. The van der Waals surface area contributed by atoms with Crippen molar-refractivity contribution in [2.75, 3.05) is 19.6 Å². The summed E-state index contributed by atoms with van der Waals surface area (Å²) in [7, 11) is -3.54. The van der Waals surface area contributed by atoms with Crippen LogP contribution in [0.15, 0.2) is 23.1 Å². The summed E-state index contributed by atoms with van der Waals surface area (Å²) in [6.45, 7) is 2.13. The van der Waals surface area contributed by atoms with Crippen LogP contribution in [0.1, 0.15) is 25.7 Å². The molecule has 2 aliphatic rings. The first-order valence-electron chi connectivity index (χ1n) is 7.65. The summed E-state index contributed by atoms with van der Waals surface area (Å²) in [4.78, 5) is 0.142. The fourth-order valence-electron chi connectivity index (χ4n) is 2.78. The third-order valence-corrected chi connectivity index (χ3v) is 6.97. The second-order valence-electron chi connectivity index (χ2n) is 6.10. The molecule has 1 N–H and O–H groups in total. The van der Waals surface area contributed by atoms with E-state index in [1.807, 2.05) is 0 Å². The zero-order chi connectivity index (χ0) is 15.7. The second-order valence-corrected chi connectivity index (χ2v) is 8.85. The van der Waals surface area contributed by atoms with Crippen molar-refractivity contribution in [2.45, 2.75) is 36.6 Å². The van der Waals surface area contributed by atoms with E-state index >= 15 is 0 Å². The normalized spacial score (nSPS) is 21.2. The Morgan fingerprint density at radius 3 is 2.41 bits per heavy atom. The van der Waals surface area contributed by atoms with Crippen molar-refractivity contribution in [2.24, 2.45) is 5.92 Å². The first-order chi connectivity index (χ1) is 10.5. The second kappa shape index (κ2) is 6.65. The highest BCUT2D eigenvalue weighted by Crippen LogP contribution is 2.30. The fourth-order valence-corrected chi connectivity index (χ4v) is 5.00. The maximum atomic E-state index is 12.7. The van der Waals surface area contributed by atoms with Crippen LogP contribution in [0, 0.1) is 5.92 Å². The SMILES string of the molecule is O=S(=O)(c1ccc(Cl)cc1Cl)N1CCC(NCC2CC2)CC1. The van der Waals surface area contributed by atoms with Gasteiger partial charge in [0.25, 0.3) is 0 Å². The van der Waals surface area contributed by atoms with Gasteiger partial charge in [-0.3, -0.25) is 0 Å². The Balaban J connectivity index is 1.63. The number of hydrogen-bond donors (Lipinski definition) is 1. The molecule has 1 saturated carbocycles. The summed E-state index contributed by atoms with van der Waals surface area (Å²) in [5.74, 6) is 0.842. The zero-order valence-corrected chi connectivity index (χ0v) is 14.6. The van der Waals surface area contributed by atoms with Gasteiger partial charge < -0.3 is 5.32 Å². The van der Waals surface area contributed by atoms with E-state index in [1.165, 1.54) is 29.3 Å². The van der Waals surface area contributed by atoms with Crippen molar-refractivity contribution in [3.05, 3.63) is 28.2 Å². The van der Waals surface area contributed by atoms with E-state index < -0.39 is 10.0 Å². The molecule has 2 fully saturated rings. The van der Waals surface area contributed by atoms with Gasteiger partial charge in [0.2, 0.25) is 10.0 Å². The van der Waals surface area contributed by atoms with Gasteiger partial charge in [0.05, 0.1) is 5.02 Å². The van der Waals surface area contributed by atoms with Gasteiger partial charge in [-0.2, -0.15) is 4.31 Å². The van der Waals surface area contributed by atoms with Crippen LogP contribution in [0.3, 0.4) is 0 Å². The summed E-state index contributed by atoms with van der Waals surface area (Å²) >= 11 is 11.9. The van der Waals surface area contributed by atoms with Gasteiger partial charge in [0, 0.05) is 24.2 Å². The minimum atomic E-state index is -3.54. The molecule has 22 heavy (non-hydrogen) atoms. The standard InChI is InChI=1S/C15H20Cl2N2O2S/c16-12-3-4-15(14(17)9-12)22(20,21)19-7-5-13(6-8-19)18-10-11-1-2-11/h3-4,9,11,13,18H,1-2,5-8,10H2. The first kappa shape index (κ1) is 16.5. The molecular weight excluding hydrogens is 343 g/mol. The molecule has 4 nitrogen and oxygen atoms in total. The van der Waals surface area contributed by atoms with Crippen LogP contribution in [0.5, 0.6) is 0 Å². The van der Waals surface area contributed by atoms with Crippen molar-refractivity contribution in [1.29, 1.82) is 0 Å². The highest BCUT2D eigenvalue weighted by atomic mass is 35.5. The number of halogens is 2. The van der Waals surface area contributed by atoms with Gasteiger partial charge in [-0.25, -0.2) is 8.42 Å². The van der Waals surface area contributed by atoms with E-state index in [2.05, 4.69) is 5.32 Å². The summed E-state index contributed by atoms with van der Waals surface area (Å²) in [5, 5.41) is 4.17. The van der Waals surface area contributed by atoms with Crippen LogP contribution in [0.4, 0.5) is 0 Å². The van der Waals surface area contributed by atoms with E-state index in [4.69, 9.17) is 23.2 Å². The predicted molar refractivity (Wildman–Crippen MR) is 89.0 cm³/mol. The van der Waals surface area contributed by atoms with Crippen LogP contribution < -0.4 is 5.32 Å². The predicted octanol–water partition coefficient (Wildman–Crippen LogP) is 3.15. The maximum Gasteiger partial charge on any atom is 0.244 e. The quantitative estimate of drug-likeness (QED) is 0.874. The average molecular weight is 363 g/mol. The Morgan fingerprint density at radius 1 is 1.14 bits per heavy atom. The number of nitrogens with one attached hydrogen (secondary N) is 1. The maximum absolute atomic E-state index is 12.7. The Bertz CT molecular complexity index is 639. The Kier molecular flexibility index (Phi) is 5.00. The molecule has 1 aromatic carbocycles. The highest BCUT2D eigenvalue weighted by Gasteiger charge is 2.31. The van der Waals surface area contributed by atoms with Crippen molar-refractivity contribution in [3.63, 3.8) is 0 Å². The van der Waals surface area contributed by atoms with Crippen molar-refractivity contribution in [1.82, 2.24) is 9.62 Å². The van der Waals surface area contributed by atoms with Gasteiger partial charge in [-0.1, -0.05) is 23.2 Å². The Hall–Kier alpha value is -0.330. The fraction of sp³-hybridized carbons (Fsp3) is 0.600. The van der Waals surface area contributed by atoms with Crippen LogP contribution in [-0.2, 0) is 10.0 Å². The van der Waals surface area contributed by atoms with Crippen molar-refractivity contribution in [3.8, 4) is 0 Å². The highest BCUT2D eigenvalue weighted by molar-refractivity contribution is 7.89. The molecule has 0 unspecified atom stereocenters. The van der Waals surface area contributed by atoms with Gasteiger partial charge in [0.15, 0.2) is 0 Å². The van der Waals surface area contributed by atoms with Crippen LogP contribution in [0.25, 0.3) is 0 Å². The third-order valence-electron chi connectivity index (χ3n) is 4.36. The van der Waals surface area contributed by atoms with E-state index in [0.717, 1.165) is 25.3 Å². The average Bonchev–Trinajstić information content (AvgIpc) is 3.29. The third kappa shape index (κ3) is 3.77. The zero-order valence-electron chi connectivity index (χ0n) is 12.3. The van der Waals surface area contributed by atoms with Crippen LogP contribution in [0.2, 0.25) is 10.0 Å². The largest absolute Gasteiger partial charge is 0.314 e. The molecule has 1 aliphatic heterocycles. The number of sulfonamides is 1. The van der Waals surface area contributed by atoms with Crippen LogP contribution in [-0.4, -0.2) is 38.4 Å². The van der Waals surface area contributed by atoms with E-state index in [1.54, 1.807) is 6.07 Å². The molecule has 0 bridgehead atoms. The number of piperidine rings is 1. The lowest BCUT2D eigenvalue weighted by Crippen LogP contribution is -2.45. The van der Waals surface area contributed by atoms with Crippen molar-refractivity contribution >= 4 is 33.2 Å². The lowest BCUT2D eigenvalue weighted by molar-refractivity contribution is 0.288. The number of nitrogens with zero attached hydrogens (tertiary/aromatic N) is 1. The topological polar surface area (TPSA) is 49.4 Å². The number of hydrogen-bond acceptors (Lipinski definition) is 3. The first-order valence-corrected chi connectivity index (χ1v) is 9.85. The Labute approximate surface area is 141 Å². The molecule has 0 aromatic heterocycles. The van der Waals surface area contributed by atoms with Crippen molar-refractivity contribution < 1.29 is 8.42 Å². The Morgan fingerprint density at radius 2 is 1.82 bits per heavy atom. The molecule has 1 aliphatic carbocycles. The van der Waals surface area contributed by atoms with E-state index in [0.29, 0.717) is 24.2 Å². The van der Waals surface area contributed by atoms with E-state index in [9.17, 15) is 8.42 Å². The lowest BCUT2D eigenvalue weighted by atomic mass is 10.1. The number of rotatable bonds is 5. The molecule has 1 aromatic rings. The van der Waals surface area contributed by atoms with Gasteiger partial charge in [0.1, 0.15) is 4.90 Å². The molecule has 1 saturated heterocycles. The van der Waals surface area contributed by atoms with E-state index in [-0.39, 0.29) is 9.92 Å². The summed E-state index contributed by atoms with van der Waals surface area (Å²) < 4.78 is 26.9. The molecule has 0 radical (unpaired) electrons. The minimum Gasteiger partial charge on any atom is -0.314 e. The molecule has 7 heteroatoms. The molecular formula is C15H20Cl2N2O2S. The molecule has 3 rings (SSSR count). The lowest BCUT2D eigenvalue weighted by Gasteiger charge is -2.32. The molecule has 0 spiro atoms. The summed E-state index contributed by atoms with van der Waals surface area (Å²) in [6, 6.07) is 4.94. The monoisotopic (exact) mass is 362 g/mol. The smallest absolute Gasteiger partial charge is 0.244 e.